The number of hydrogen-bond acceptors (Lipinski definition) is 3. The summed E-state index contributed by atoms with van der Waals surface area (Å²) in [6.45, 7) is 15.9. The van der Waals surface area contributed by atoms with E-state index in [0.717, 1.165) is 38.6 Å². The normalized spacial score (nSPS) is 32.3. The van der Waals surface area contributed by atoms with E-state index in [4.69, 9.17) is 15.5 Å². The number of likely N-dealkylation sites (tertiary alicyclic amines) is 1. The molecule has 5 heteroatoms. The highest BCUT2D eigenvalue weighted by molar-refractivity contribution is 5.78. The van der Waals surface area contributed by atoms with Crippen LogP contribution in [0.5, 0.6) is 0 Å². The van der Waals surface area contributed by atoms with E-state index in [1.165, 1.54) is 12.8 Å². The molecule has 2 heterocycles. The molecule has 0 saturated carbocycles. The van der Waals surface area contributed by atoms with Gasteiger partial charge in [0.25, 0.3) is 0 Å². The Morgan fingerprint density at radius 1 is 1.18 bits per heavy atom. The Balaban J connectivity index is 1.94. The van der Waals surface area contributed by atoms with Crippen LogP contribution in [-0.4, -0.2) is 66.2 Å². The van der Waals surface area contributed by atoms with Crippen LogP contribution in [0.4, 0.5) is 0 Å². The van der Waals surface area contributed by atoms with Crippen molar-refractivity contribution in [1.82, 2.24) is 9.80 Å². The summed E-state index contributed by atoms with van der Waals surface area (Å²) in [5.74, 6) is 1.44. The summed E-state index contributed by atoms with van der Waals surface area (Å²) >= 11 is 0. The molecule has 5 nitrogen and oxygen atoms in total. The number of aliphatic imine (C=N–C) groups is 1. The Kier molecular flexibility index (Phi) is 5.72. The Hall–Kier alpha value is -0.810. The van der Waals surface area contributed by atoms with E-state index in [2.05, 4.69) is 44.4 Å². The smallest absolute Gasteiger partial charge is 0.191 e. The third-order valence-corrected chi connectivity index (χ3v) is 4.88. The summed E-state index contributed by atoms with van der Waals surface area (Å²) in [6, 6.07) is 0. The maximum absolute atomic E-state index is 6.23. The lowest BCUT2D eigenvalue weighted by Gasteiger charge is -2.44. The van der Waals surface area contributed by atoms with Crippen LogP contribution in [0.2, 0.25) is 0 Å². The summed E-state index contributed by atoms with van der Waals surface area (Å²) in [4.78, 5) is 9.45. The second-order valence-corrected chi connectivity index (χ2v) is 7.84. The van der Waals surface area contributed by atoms with E-state index >= 15 is 0 Å². The summed E-state index contributed by atoms with van der Waals surface area (Å²) in [5.41, 5.74) is 6.25. The van der Waals surface area contributed by atoms with Crippen molar-refractivity contribution in [2.45, 2.75) is 65.2 Å². The molecule has 0 bridgehead atoms. The van der Waals surface area contributed by atoms with Gasteiger partial charge in [-0.3, -0.25) is 9.89 Å². The van der Waals surface area contributed by atoms with E-state index in [9.17, 15) is 0 Å². The van der Waals surface area contributed by atoms with Gasteiger partial charge in [-0.1, -0.05) is 6.92 Å². The number of nitrogens with two attached hydrogens (primary N) is 1. The molecular weight excluding hydrogens is 276 g/mol. The van der Waals surface area contributed by atoms with Crippen LogP contribution in [0, 0.1) is 5.92 Å². The number of rotatable bonds is 3. The molecule has 0 aliphatic carbocycles. The first-order valence-electron chi connectivity index (χ1n) is 8.73. The van der Waals surface area contributed by atoms with Crippen molar-refractivity contribution in [2.75, 3.05) is 32.7 Å². The number of hydrogen-bond donors (Lipinski definition) is 1. The highest BCUT2D eigenvalue weighted by atomic mass is 16.5. The summed E-state index contributed by atoms with van der Waals surface area (Å²) < 4.78 is 5.83. The predicted octanol–water partition coefficient (Wildman–Crippen LogP) is 1.92. The molecule has 0 aromatic heterocycles. The van der Waals surface area contributed by atoms with Crippen molar-refractivity contribution >= 4 is 5.96 Å². The average Bonchev–Trinajstić information content (AvgIpc) is 2.44. The fourth-order valence-electron chi connectivity index (χ4n) is 3.54. The number of morpholine rings is 1. The SMILES string of the molecule is CC1CCCN(C(N)=NCC(C)(C)N2CC(C)OC(C)C2)C1. The zero-order chi connectivity index (χ0) is 16.3. The summed E-state index contributed by atoms with van der Waals surface area (Å²) in [7, 11) is 0. The molecule has 3 atom stereocenters. The molecule has 22 heavy (non-hydrogen) atoms. The van der Waals surface area contributed by atoms with Gasteiger partial charge in [-0.15, -0.1) is 0 Å². The number of ether oxygens (including phenoxy) is 1. The molecule has 128 valence electrons. The van der Waals surface area contributed by atoms with Crippen LogP contribution in [0.25, 0.3) is 0 Å². The molecular formula is C17H34N4O. The molecule has 2 aliphatic rings. The fourth-order valence-corrected chi connectivity index (χ4v) is 3.54. The van der Waals surface area contributed by atoms with Gasteiger partial charge in [0.15, 0.2) is 5.96 Å². The van der Waals surface area contributed by atoms with Crippen LogP contribution in [-0.2, 0) is 4.74 Å². The van der Waals surface area contributed by atoms with Gasteiger partial charge < -0.3 is 15.4 Å². The molecule has 0 aromatic rings. The molecule has 2 saturated heterocycles. The minimum atomic E-state index is 0.0122. The van der Waals surface area contributed by atoms with Crippen LogP contribution in [0.1, 0.15) is 47.5 Å². The second kappa shape index (κ2) is 7.18. The Labute approximate surface area is 135 Å². The molecule has 0 spiro atoms. The van der Waals surface area contributed by atoms with Gasteiger partial charge in [-0.2, -0.15) is 0 Å². The van der Waals surface area contributed by atoms with Crippen LogP contribution >= 0.6 is 0 Å². The maximum atomic E-state index is 6.23. The van der Waals surface area contributed by atoms with Crippen molar-refractivity contribution < 1.29 is 4.74 Å². The molecule has 2 aliphatic heterocycles. The number of nitrogens with zero attached hydrogens (tertiary/aromatic N) is 3. The largest absolute Gasteiger partial charge is 0.373 e. The molecule has 2 N–H and O–H groups in total. The third-order valence-electron chi connectivity index (χ3n) is 4.88. The Morgan fingerprint density at radius 3 is 2.41 bits per heavy atom. The zero-order valence-corrected chi connectivity index (χ0v) is 15.0. The van der Waals surface area contributed by atoms with Crippen molar-refractivity contribution in [1.29, 1.82) is 0 Å². The van der Waals surface area contributed by atoms with E-state index < -0.39 is 0 Å². The van der Waals surface area contributed by atoms with Gasteiger partial charge in [0, 0.05) is 31.7 Å². The van der Waals surface area contributed by atoms with Crippen molar-refractivity contribution in [3.05, 3.63) is 0 Å². The van der Waals surface area contributed by atoms with Gasteiger partial charge in [0.1, 0.15) is 0 Å². The van der Waals surface area contributed by atoms with E-state index in [1.54, 1.807) is 0 Å². The maximum Gasteiger partial charge on any atom is 0.191 e. The first-order valence-corrected chi connectivity index (χ1v) is 8.73. The quantitative estimate of drug-likeness (QED) is 0.639. The topological polar surface area (TPSA) is 54.1 Å². The van der Waals surface area contributed by atoms with Crippen molar-refractivity contribution in [3.8, 4) is 0 Å². The lowest BCUT2D eigenvalue weighted by atomic mass is 10.00. The summed E-state index contributed by atoms with van der Waals surface area (Å²) in [5, 5.41) is 0. The predicted molar refractivity (Wildman–Crippen MR) is 92.1 cm³/mol. The summed E-state index contributed by atoms with van der Waals surface area (Å²) in [6.07, 6.45) is 3.09. The van der Waals surface area contributed by atoms with Gasteiger partial charge in [0.2, 0.25) is 0 Å². The zero-order valence-electron chi connectivity index (χ0n) is 15.0. The minimum Gasteiger partial charge on any atom is -0.373 e. The first kappa shape index (κ1) is 17.5. The standard InChI is InChI=1S/C17H34N4O/c1-13-7-6-8-20(9-13)16(18)19-12-17(4,5)21-10-14(2)22-15(3)11-21/h13-15H,6-12H2,1-5H3,(H2,18,19). The Bertz CT molecular complexity index is 386. The van der Waals surface area contributed by atoms with E-state index in [0.29, 0.717) is 5.96 Å². The number of guanidine groups is 1. The van der Waals surface area contributed by atoms with Crippen LogP contribution in [0.15, 0.2) is 4.99 Å². The van der Waals surface area contributed by atoms with E-state index in [1.807, 2.05) is 0 Å². The second-order valence-electron chi connectivity index (χ2n) is 7.84. The first-order chi connectivity index (χ1) is 10.3. The molecule has 2 fully saturated rings. The minimum absolute atomic E-state index is 0.0122. The monoisotopic (exact) mass is 310 g/mol. The third kappa shape index (κ3) is 4.59. The molecule has 0 amide bonds. The van der Waals surface area contributed by atoms with E-state index in [-0.39, 0.29) is 17.7 Å². The number of piperidine rings is 1. The lowest BCUT2D eigenvalue weighted by Crippen LogP contribution is -2.56. The molecule has 0 aromatic carbocycles. The lowest BCUT2D eigenvalue weighted by molar-refractivity contribution is -0.0939. The molecule has 3 unspecified atom stereocenters. The van der Waals surface area contributed by atoms with Gasteiger partial charge in [-0.25, -0.2) is 0 Å². The van der Waals surface area contributed by atoms with Gasteiger partial charge in [-0.05, 0) is 46.5 Å². The highest BCUT2D eigenvalue weighted by Gasteiger charge is 2.33. The molecule has 2 rings (SSSR count). The van der Waals surface area contributed by atoms with Crippen molar-refractivity contribution in [3.63, 3.8) is 0 Å². The highest BCUT2D eigenvalue weighted by Crippen LogP contribution is 2.22. The van der Waals surface area contributed by atoms with Crippen LogP contribution < -0.4 is 5.73 Å². The average molecular weight is 310 g/mol. The fraction of sp³-hybridized carbons (Fsp3) is 0.941. The van der Waals surface area contributed by atoms with Crippen molar-refractivity contribution in [2.24, 2.45) is 16.6 Å². The van der Waals surface area contributed by atoms with Crippen LogP contribution in [0.3, 0.4) is 0 Å². The van der Waals surface area contributed by atoms with Gasteiger partial charge in [0.05, 0.1) is 18.8 Å². The molecule has 0 radical (unpaired) electrons. The Morgan fingerprint density at radius 2 is 1.82 bits per heavy atom. The van der Waals surface area contributed by atoms with Gasteiger partial charge >= 0.3 is 0 Å².